The summed E-state index contributed by atoms with van der Waals surface area (Å²) in [4.78, 5) is 25.8. The highest BCUT2D eigenvalue weighted by atomic mass is 79.9. The van der Waals surface area contributed by atoms with E-state index in [0.29, 0.717) is 23.3 Å². The molecule has 1 fully saturated rings. The zero-order valence-electron chi connectivity index (χ0n) is 19.6. The minimum absolute atomic E-state index is 0.160. The lowest BCUT2D eigenvalue weighted by atomic mass is 9.85. The number of halogens is 2. The number of carbonyl (C=O) groups is 2. The van der Waals surface area contributed by atoms with Crippen LogP contribution in [0.4, 0.5) is 0 Å². The van der Waals surface area contributed by atoms with Crippen molar-refractivity contribution < 1.29 is 14.3 Å². The molecule has 184 valence electrons. The van der Waals surface area contributed by atoms with Crippen molar-refractivity contribution in [3.8, 4) is 5.75 Å². The van der Waals surface area contributed by atoms with E-state index in [1.54, 1.807) is 42.5 Å². The fraction of sp³-hybridized carbons (Fsp3) is 0.100. The van der Waals surface area contributed by atoms with Crippen molar-refractivity contribution in [2.75, 3.05) is 0 Å². The van der Waals surface area contributed by atoms with Crippen molar-refractivity contribution in [2.24, 2.45) is 11.0 Å². The summed E-state index contributed by atoms with van der Waals surface area (Å²) in [6, 6.07) is 32.3. The molecule has 1 N–H and O–H groups in total. The molecule has 0 bridgehead atoms. The van der Waals surface area contributed by atoms with Gasteiger partial charge in [0.1, 0.15) is 5.75 Å². The monoisotopic (exact) mass is 616 g/mol. The first-order chi connectivity index (χ1) is 18.0. The van der Waals surface area contributed by atoms with E-state index < -0.39 is 5.97 Å². The quantitative estimate of drug-likeness (QED) is 0.106. The van der Waals surface area contributed by atoms with Gasteiger partial charge in [0, 0.05) is 19.9 Å². The highest BCUT2D eigenvalue weighted by Crippen LogP contribution is 2.58. The molecule has 37 heavy (non-hydrogen) atoms. The largest absolute Gasteiger partial charge is 0.422 e. The van der Waals surface area contributed by atoms with Crippen LogP contribution in [-0.4, -0.2) is 18.1 Å². The average molecular weight is 618 g/mol. The summed E-state index contributed by atoms with van der Waals surface area (Å²) in [5, 5.41) is 4.21. The van der Waals surface area contributed by atoms with Crippen LogP contribution in [0.5, 0.6) is 5.75 Å². The highest BCUT2D eigenvalue weighted by molar-refractivity contribution is 9.10. The summed E-state index contributed by atoms with van der Waals surface area (Å²) in [6.45, 7) is 0. The third-order valence-corrected chi connectivity index (χ3v) is 7.51. The molecule has 4 aromatic carbocycles. The van der Waals surface area contributed by atoms with E-state index >= 15 is 0 Å². The Morgan fingerprint density at radius 3 is 2.05 bits per heavy atom. The van der Waals surface area contributed by atoms with Crippen LogP contribution in [-0.2, 0) is 10.2 Å². The molecule has 1 aliphatic rings. The smallest absolute Gasteiger partial charge is 0.343 e. The molecule has 1 amide bonds. The van der Waals surface area contributed by atoms with Crippen LogP contribution >= 0.6 is 31.9 Å². The third kappa shape index (κ3) is 5.43. The van der Waals surface area contributed by atoms with Gasteiger partial charge < -0.3 is 4.74 Å². The van der Waals surface area contributed by atoms with Crippen LogP contribution in [0.15, 0.2) is 117 Å². The van der Waals surface area contributed by atoms with E-state index in [4.69, 9.17) is 4.74 Å². The maximum atomic E-state index is 13.2. The van der Waals surface area contributed by atoms with E-state index in [9.17, 15) is 9.59 Å². The fourth-order valence-corrected chi connectivity index (χ4v) is 5.20. The van der Waals surface area contributed by atoms with E-state index in [2.05, 4.69) is 66.7 Å². The second-order valence-electron chi connectivity index (χ2n) is 8.77. The number of nitrogens with one attached hydrogen (secondary N) is 1. The molecule has 0 aliphatic heterocycles. The second kappa shape index (κ2) is 10.8. The Morgan fingerprint density at radius 2 is 1.43 bits per heavy atom. The predicted molar refractivity (Wildman–Crippen MR) is 151 cm³/mol. The molecule has 0 saturated heterocycles. The van der Waals surface area contributed by atoms with Gasteiger partial charge in [-0.1, -0.05) is 92.5 Å². The molecule has 1 atom stereocenters. The van der Waals surface area contributed by atoms with Crippen molar-refractivity contribution in [3.05, 3.63) is 134 Å². The van der Waals surface area contributed by atoms with Gasteiger partial charge in [-0.2, -0.15) is 5.10 Å². The first kappa shape index (κ1) is 25.1. The maximum Gasteiger partial charge on any atom is 0.343 e. The second-order valence-corrected chi connectivity index (χ2v) is 10.6. The molecule has 1 aliphatic carbocycles. The Hall–Kier alpha value is -3.55. The first-order valence-corrected chi connectivity index (χ1v) is 13.3. The number of ether oxygens (including phenoxy) is 1. The van der Waals surface area contributed by atoms with Crippen molar-refractivity contribution in [2.45, 2.75) is 11.8 Å². The van der Waals surface area contributed by atoms with Gasteiger partial charge in [-0.15, -0.1) is 0 Å². The summed E-state index contributed by atoms with van der Waals surface area (Å²) >= 11 is 6.80. The Labute approximate surface area is 231 Å². The fourth-order valence-electron chi connectivity index (χ4n) is 4.56. The Balaban J connectivity index is 1.32. The minimum atomic E-state index is -0.484. The molecule has 7 heteroatoms. The number of carbonyl (C=O) groups excluding carboxylic acids is 2. The van der Waals surface area contributed by atoms with Crippen LogP contribution in [0.1, 0.15) is 33.5 Å². The van der Waals surface area contributed by atoms with Crippen LogP contribution in [0, 0.1) is 5.92 Å². The van der Waals surface area contributed by atoms with Gasteiger partial charge in [0.15, 0.2) is 0 Å². The van der Waals surface area contributed by atoms with Gasteiger partial charge in [-0.3, -0.25) is 4.79 Å². The molecule has 0 heterocycles. The molecular weight excluding hydrogens is 596 g/mol. The van der Waals surface area contributed by atoms with Gasteiger partial charge in [-0.05, 0) is 60.0 Å². The van der Waals surface area contributed by atoms with Crippen LogP contribution in [0.3, 0.4) is 0 Å². The van der Waals surface area contributed by atoms with Crippen molar-refractivity contribution in [1.82, 2.24) is 5.43 Å². The first-order valence-electron chi connectivity index (χ1n) is 11.7. The standard InChI is InChI=1S/C30H22Br2N2O3/c31-24-13-11-20(12-14-24)29(36)37-27-16-15-25(32)17-21(27)19-33-34-28(35)26-18-30(26,22-7-3-1-4-8-22)23-9-5-2-6-10-23/h1-17,19,26H,18H2,(H,34,35). The number of hydrogen-bond donors (Lipinski definition) is 1. The van der Waals surface area contributed by atoms with Crippen molar-refractivity contribution >= 4 is 50.0 Å². The molecule has 0 radical (unpaired) electrons. The lowest BCUT2D eigenvalue weighted by Crippen LogP contribution is -2.25. The highest BCUT2D eigenvalue weighted by Gasteiger charge is 2.60. The van der Waals surface area contributed by atoms with Gasteiger partial charge in [0.05, 0.1) is 17.7 Å². The third-order valence-electron chi connectivity index (χ3n) is 6.49. The number of rotatable bonds is 7. The van der Waals surface area contributed by atoms with Gasteiger partial charge in [0.2, 0.25) is 5.91 Å². The molecule has 1 unspecified atom stereocenters. The molecular formula is C30H22Br2N2O3. The van der Waals surface area contributed by atoms with Gasteiger partial charge in [-0.25, -0.2) is 10.2 Å². The molecule has 4 aromatic rings. The van der Waals surface area contributed by atoms with Crippen molar-refractivity contribution in [3.63, 3.8) is 0 Å². The predicted octanol–water partition coefficient (Wildman–Crippen LogP) is 6.89. The van der Waals surface area contributed by atoms with E-state index in [1.807, 2.05) is 36.4 Å². The molecule has 5 nitrogen and oxygen atoms in total. The molecule has 0 aromatic heterocycles. The zero-order chi connectivity index (χ0) is 25.8. The van der Waals surface area contributed by atoms with E-state index in [0.717, 1.165) is 20.1 Å². The average Bonchev–Trinajstić information content (AvgIpc) is 3.69. The normalized spacial score (nSPS) is 15.8. The Morgan fingerprint density at radius 1 is 0.838 bits per heavy atom. The minimum Gasteiger partial charge on any atom is -0.422 e. The molecule has 0 spiro atoms. The summed E-state index contributed by atoms with van der Waals surface area (Å²) in [5.74, 6) is -0.551. The summed E-state index contributed by atoms with van der Waals surface area (Å²) in [5.41, 5.74) is 5.52. The Kier molecular flexibility index (Phi) is 7.35. The number of benzene rings is 4. The van der Waals surface area contributed by atoms with Crippen LogP contribution < -0.4 is 10.2 Å². The number of esters is 1. The van der Waals surface area contributed by atoms with Crippen molar-refractivity contribution in [1.29, 1.82) is 0 Å². The van der Waals surface area contributed by atoms with Crippen LogP contribution in [0.2, 0.25) is 0 Å². The maximum absolute atomic E-state index is 13.2. The lowest BCUT2D eigenvalue weighted by Gasteiger charge is -2.18. The summed E-state index contributed by atoms with van der Waals surface area (Å²) in [6.07, 6.45) is 2.19. The molecule has 5 rings (SSSR count). The molecule has 1 saturated carbocycles. The zero-order valence-corrected chi connectivity index (χ0v) is 22.8. The SMILES string of the molecule is O=C(Oc1ccc(Br)cc1C=NNC(=O)C1CC1(c1ccccc1)c1ccccc1)c1ccc(Br)cc1. The van der Waals surface area contributed by atoms with E-state index in [-0.39, 0.29) is 17.2 Å². The number of nitrogens with zero attached hydrogens (tertiary/aromatic N) is 1. The van der Waals surface area contributed by atoms with E-state index in [1.165, 1.54) is 6.21 Å². The number of amides is 1. The number of hydrogen-bond acceptors (Lipinski definition) is 4. The summed E-state index contributed by atoms with van der Waals surface area (Å²) < 4.78 is 7.27. The number of hydrazone groups is 1. The van der Waals surface area contributed by atoms with Gasteiger partial charge in [0.25, 0.3) is 0 Å². The summed E-state index contributed by atoms with van der Waals surface area (Å²) in [7, 11) is 0. The van der Waals surface area contributed by atoms with Crippen LogP contribution in [0.25, 0.3) is 0 Å². The lowest BCUT2D eigenvalue weighted by molar-refractivity contribution is -0.122. The van der Waals surface area contributed by atoms with Gasteiger partial charge >= 0.3 is 5.97 Å². The Bertz CT molecular complexity index is 1420. The topological polar surface area (TPSA) is 67.8 Å².